The maximum atomic E-state index is 5.75. The van der Waals surface area contributed by atoms with Gasteiger partial charge in [-0.05, 0) is 68.5 Å². The van der Waals surface area contributed by atoms with E-state index in [0.717, 1.165) is 58.5 Å². The molecule has 1 heterocycles. The van der Waals surface area contributed by atoms with E-state index >= 15 is 0 Å². The molecule has 0 radical (unpaired) electrons. The molecule has 0 fully saturated rings. The molecule has 2 aromatic carbocycles. The molecule has 33 heavy (non-hydrogen) atoms. The first-order chi connectivity index (χ1) is 16.0. The predicted molar refractivity (Wildman–Crippen MR) is 141 cm³/mol. The van der Waals surface area contributed by atoms with Gasteiger partial charge in [-0.15, -0.1) is 5.92 Å². The zero-order chi connectivity index (χ0) is 23.6. The molecule has 0 amide bonds. The van der Waals surface area contributed by atoms with Crippen LogP contribution in [0.25, 0.3) is 10.9 Å². The van der Waals surface area contributed by atoms with Crippen LogP contribution in [-0.4, -0.2) is 23.6 Å². The Kier molecular flexibility index (Phi) is 9.53. The van der Waals surface area contributed by atoms with E-state index in [9.17, 15) is 0 Å². The molecule has 0 aliphatic heterocycles. The summed E-state index contributed by atoms with van der Waals surface area (Å²) in [5.41, 5.74) is 8.72. The summed E-state index contributed by atoms with van der Waals surface area (Å²) in [7, 11) is 1.73. The first-order valence-electron chi connectivity index (χ1n) is 11.5. The Bertz CT molecular complexity index is 1140. The minimum atomic E-state index is 0.0974. The van der Waals surface area contributed by atoms with Crippen LogP contribution in [0.15, 0.2) is 40.9 Å². The molecule has 5 nitrogen and oxygen atoms in total. The lowest BCUT2D eigenvalue weighted by Gasteiger charge is -2.18. The first kappa shape index (κ1) is 25.0. The number of halogens is 1. The molecule has 3 N–H and O–H groups in total. The van der Waals surface area contributed by atoms with Crippen molar-refractivity contribution in [3.05, 3.63) is 57.8 Å². The lowest BCUT2D eigenvalue weighted by Crippen LogP contribution is -2.10. The van der Waals surface area contributed by atoms with Gasteiger partial charge in [0.15, 0.2) is 0 Å². The van der Waals surface area contributed by atoms with Gasteiger partial charge in [-0.2, -0.15) is 0 Å². The van der Waals surface area contributed by atoms with Crippen LogP contribution in [0.5, 0.6) is 5.75 Å². The normalized spacial score (nSPS) is 11.7. The number of unbranched alkanes of at least 4 members (excludes halogenated alkanes) is 4. The van der Waals surface area contributed by atoms with E-state index in [-0.39, 0.29) is 6.04 Å². The van der Waals surface area contributed by atoms with Gasteiger partial charge in [0.1, 0.15) is 17.4 Å². The molecule has 0 saturated heterocycles. The van der Waals surface area contributed by atoms with Crippen LogP contribution in [0.3, 0.4) is 0 Å². The molecule has 3 rings (SSSR count). The molecule has 0 saturated carbocycles. The highest BCUT2D eigenvalue weighted by molar-refractivity contribution is 9.10. The molecule has 6 heteroatoms. The number of hydrogen-bond donors (Lipinski definition) is 2. The van der Waals surface area contributed by atoms with Crippen LogP contribution in [-0.2, 0) is 6.42 Å². The Morgan fingerprint density at radius 3 is 2.67 bits per heavy atom. The fourth-order valence-electron chi connectivity index (χ4n) is 3.92. The van der Waals surface area contributed by atoms with Gasteiger partial charge in [0.05, 0.1) is 25.2 Å². The van der Waals surface area contributed by atoms with Crippen molar-refractivity contribution in [2.24, 2.45) is 5.73 Å². The number of rotatable bonds is 10. The largest absolute Gasteiger partial charge is 0.496 e. The topological polar surface area (TPSA) is 73.1 Å². The molecular formula is C27H33BrN4O. The molecule has 1 atom stereocenters. The maximum absolute atomic E-state index is 5.75. The lowest BCUT2D eigenvalue weighted by atomic mass is 10.0. The molecule has 0 unspecified atom stereocenters. The minimum absolute atomic E-state index is 0.0974. The van der Waals surface area contributed by atoms with E-state index in [0.29, 0.717) is 6.54 Å². The van der Waals surface area contributed by atoms with Crippen LogP contribution in [0.2, 0.25) is 0 Å². The number of benzene rings is 2. The molecule has 0 bridgehead atoms. The van der Waals surface area contributed by atoms with Gasteiger partial charge in [-0.3, -0.25) is 0 Å². The van der Waals surface area contributed by atoms with Gasteiger partial charge in [-0.1, -0.05) is 46.8 Å². The highest BCUT2D eigenvalue weighted by Crippen LogP contribution is 2.32. The highest BCUT2D eigenvalue weighted by atomic mass is 79.9. The van der Waals surface area contributed by atoms with Crippen LogP contribution in [0.1, 0.15) is 62.0 Å². The number of ether oxygens (including phenoxy) is 1. The number of anilines is 1. The zero-order valence-corrected chi connectivity index (χ0v) is 21.3. The second kappa shape index (κ2) is 12.6. The van der Waals surface area contributed by atoms with Gasteiger partial charge >= 0.3 is 0 Å². The second-order valence-electron chi connectivity index (χ2n) is 8.19. The average Bonchev–Trinajstić information content (AvgIpc) is 2.80. The maximum Gasteiger partial charge on any atom is 0.138 e. The van der Waals surface area contributed by atoms with Crippen molar-refractivity contribution in [1.29, 1.82) is 0 Å². The number of aromatic nitrogens is 2. The van der Waals surface area contributed by atoms with Crippen LogP contribution < -0.4 is 15.8 Å². The summed E-state index contributed by atoms with van der Waals surface area (Å²) in [5, 5.41) is 4.55. The quantitative estimate of drug-likeness (QED) is 0.247. The second-order valence-corrected chi connectivity index (χ2v) is 9.11. The van der Waals surface area contributed by atoms with Gasteiger partial charge in [0.2, 0.25) is 0 Å². The van der Waals surface area contributed by atoms with Gasteiger partial charge in [0, 0.05) is 16.3 Å². The zero-order valence-electron chi connectivity index (χ0n) is 19.7. The molecule has 1 aromatic heterocycles. The van der Waals surface area contributed by atoms with E-state index in [4.69, 9.17) is 20.4 Å². The van der Waals surface area contributed by atoms with Crippen LogP contribution in [0.4, 0.5) is 5.82 Å². The van der Waals surface area contributed by atoms with Crippen molar-refractivity contribution in [3.8, 4) is 17.6 Å². The number of fused-ring (bicyclic) bond motifs is 1. The Labute approximate surface area is 205 Å². The third-order valence-corrected chi connectivity index (χ3v) is 6.13. The summed E-state index contributed by atoms with van der Waals surface area (Å²) in [6.45, 7) is 4.52. The Morgan fingerprint density at radius 1 is 1.09 bits per heavy atom. The lowest BCUT2D eigenvalue weighted by molar-refractivity contribution is 0.409. The third-order valence-electron chi connectivity index (χ3n) is 5.64. The fraction of sp³-hybridized carbons (Fsp3) is 0.407. The van der Waals surface area contributed by atoms with Crippen molar-refractivity contribution in [2.45, 2.75) is 58.4 Å². The average molecular weight is 509 g/mol. The van der Waals surface area contributed by atoms with Crippen molar-refractivity contribution >= 4 is 32.7 Å². The Balaban J connectivity index is 1.75. The van der Waals surface area contributed by atoms with Crippen LogP contribution >= 0.6 is 15.9 Å². The van der Waals surface area contributed by atoms with E-state index in [1.807, 2.05) is 19.1 Å². The summed E-state index contributed by atoms with van der Waals surface area (Å²) >= 11 is 3.56. The Hall–Kier alpha value is -2.62. The van der Waals surface area contributed by atoms with Gasteiger partial charge in [-0.25, -0.2) is 9.97 Å². The molecule has 0 aliphatic carbocycles. The molecular weight excluding hydrogens is 476 g/mol. The van der Waals surface area contributed by atoms with Crippen molar-refractivity contribution in [2.75, 3.05) is 19.0 Å². The fourth-order valence-corrected chi connectivity index (χ4v) is 4.33. The van der Waals surface area contributed by atoms with Crippen molar-refractivity contribution < 1.29 is 4.74 Å². The van der Waals surface area contributed by atoms with Gasteiger partial charge < -0.3 is 15.8 Å². The summed E-state index contributed by atoms with van der Waals surface area (Å²) in [5.74, 6) is 8.49. The van der Waals surface area contributed by atoms with E-state index in [2.05, 4.69) is 64.3 Å². The molecule has 174 valence electrons. The smallest absolute Gasteiger partial charge is 0.138 e. The Morgan fingerprint density at radius 2 is 1.91 bits per heavy atom. The highest BCUT2D eigenvalue weighted by Gasteiger charge is 2.14. The number of nitrogens with two attached hydrogens (primary N) is 1. The number of methoxy groups -OCH3 is 1. The van der Waals surface area contributed by atoms with Crippen molar-refractivity contribution in [3.63, 3.8) is 0 Å². The number of hydrogen-bond acceptors (Lipinski definition) is 5. The van der Waals surface area contributed by atoms with Crippen molar-refractivity contribution in [1.82, 2.24) is 9.97 Å². The van der Waals surface area contributed by atoms with E-state index in [1.54, 1.807) is 7.11 Å². The number of nitrogens with zero attached hydrogens (tertiary/aromatic N) is 2. The number of aryl methyl sites for hydroxylation is 2. The minimum Gasteiger partial charge on any atom is -0.496 e. The summed E-state index contributed by atoms with van der Waals surface area (Å²) in [6, 6.07) is 12.6. The van der Waals surface area contributed by atoms with E-state index in [1.165, 1.54) is 24.0 Å². The number of nitrogens with one attached hydrogen (secondary N) is 1. The predicted octanol–water partition coefficient (Wildman–Crippen LogP) is 6.34. The standard InChI is InChI=1S/C27H33BrN4O/c1-19(21-13-11-14-23(28)16-21)30-27-24-18-26(33-3)22(17-25(24)31-20(2)32-27)12-9-7-5-4-6-8-10-15-29/h11,13-14,16-19H,4-7,9,12,15,29H2,1-3H3,(H,30,31,32)/t19-/m1/s1. The van der Waals surface area contributed by atoms with Gasteiger partial charge in [0.25, 0.3) is 0 Å². The molecule has 0 aliphatic rings. The van der Waals surface area contributed by atoms with Crippen LogP contribution in [0, 0.1) is 18.8 Å². The summed E-state index contributed by atoms with van der Waals surface area (Å²) in [4.78, 5) is 9.42. The first-order valence-corrected chi connectivity index (χ1v) is 12.3. The summed E-state index contributed by atoms with van der Waals surface area (Å²) < 4.78 is 6.81. The summed E-state index contributed by atoms with van der Waals surface area (Å²) in [6.07, 6.45) is 6.48. The van der Waals surface area contributed by atoms with E-state index < -0.39 is 0 Å². The monoisotopic (exact) mass is 508 g/mol. The SMILES string of the molecule is COc1cc2c(N[C@H](C)c3cccc(Br)c3)nc(C)nc2cc1CCCCCCC#CCN. The third kappa shape index (κ3) is 7.18. The molecule has 0 spiro atoms. The molecule has 3 aromatic rings.